The van der Waals surface area contributed by atoms with Crippen LogP contribution in [-0.2, 0) is 4.79 Å². The largest absolute Gasteiger partial charge is 0.450 e. The van der Waals surface area contributed by atoms with Crippen molar-refractivity contribution in [2.45, 2.75) is 26.4 Å². The van der Waals surface area contributed by atoms with E-state index in [-0.39, 0.29) is 6.42 Å². The zero-order valence-corrected chi connectivity index (χ0v) is 5.83. The molecule has 0 aliphatic rings. The van der Waals surface area contributed by atoms with E-state index in [0.29, 0.717) is 0 Å². The van der Waals surface area contributed by atoms with Gasteiger partial charge in [-0.15, -0.1) is 0 Å². The van der Waals surface area contributed by atoms with Crippen LogP contribution in [-0.4, -0.2) is 12.0 Å². The van der Waals surface area contributed by atoms with Crippen LogP contribution in [0.5, 0.6) is 0 Å². The molecule has 60 valence electrons. The van der Waals surface area contributed by atoms with E-state index in [2.05, 4.69) is 0 Å². The second-order valence-electron chi connectivity index (χ2n) is 2.17. The van der Waals surface area contributed by atoms with Gasteiger partial charge in [-0.05, 0) is 6.42 Å². The van der Waals surface area contributed by atoms with E-state index in [1.165, 1.54) is 6.92 Å². The van der Waals surface area contributed by atoms with Crippen LogP contribution in [0.4, 0.5) is 13.2 Å². The molecule has 0 rings (SSSR count). The smallest absolute Gasteiger partial charge is 0.289 e. The molecule has 0 aromatic rings. The summed E-state index contributed by atoms with van der Waals surface area (Å²) in [5, 5.41) is 0. The molecule has 0 spiro atoms. The first-order chi connectivity index (χ1) is 4.39. The van der Waals surface area contributed by atoms with Crippen LogP contribution in [0.1, 0.15) is 20.3 Å². The Morgan fingerprint density at radius 3 is 2.00 bits per heavy atom. The Morgan fingerprint density at radius 1 is 1.50 bits per heavy atom. The molecule has 0 fully saturated rings. The Labute approximate surface area is 57.2 Å². The number of carbonyl (C=O) groups excluding carboxylic acids is 1. The average Bonchev–Trinajstić information content (AvgIpc) is 1.83. The summed E-state index contributed by atoms with van der Waals surface area (Å²) in [6.07, 6.45) is -4.42. The molecule has 10 heavy (non-hydrogen) atoms. The molecule has 1 atom stereocenters. The molecular formula is C6H9F3O. The lowest BCUT2D eigenvalue weighted by Gasteiger charge is -2.09. The van der Waals surface area contributed by atoms with Gasteiger partial charge in [0.05, 0.1) is 0 Å². The fraction of sp³-hybridized carbons (Fsp3) is 0.833. The first kappa shape index (κ1) is 9.46. The van der Waals surface area contributed by atoms with E-state index in [4.69, 9.17) is 0 Å². The fourth-order valence-electron chi connectivity index (χ4n) is 0.465. The predicted octanol–water partition coefficient (Wildman–Crippen LogP) is 2.16. The lowest BCUT2D eigenvalue weighted by atomic mass is 10.0. The van der Waals surface area contributed by atoms with Crippen molar-refractivity contribution >= 4 is 5.78 Å². The Morgan fingerprint density at radius 2 is 1.90 bits per heavy atom. The van der Waals surface area contributed by atoms with E-state index in [1.807, 2.05) is 0 Å². The van der Waals surface area contributed by atoms with Crippen LogP contribution in [0.3, 0.4) is 0 Å². The second-order valence-corrected chi connectivity index (χ2v) is 2.17. The molecule has 1 nitrogen and oxygen atoms in total. The van der Waals surface area contributed by atoms with Gasteiger partial charge in [0.1, 0.15) is 0 Å². The Hall–Kier alpha value is -0.540. The third-order valence-corrected chi connectivity index (χ3v) is 1.34. The van der Waals surface area contributed by atoms with Crippen molar-refractivity contribution in [3.8, 4) is 0 Å². The summed E-state index contributed by atoms with van der Waals surface area (Å²) in [6, 6.07) is 0. The molecule has 4 heteroatoms. The number of carbonyl (C=O) groups is 1. The first-order valence-electron chi connectivity index (χ1n) is 3.00. The third-order valence-electron chi connectivity index (χ3n) is 1.34. The van der Waals surface area contributed by atoms with Crippen LogP contribution in [0.25, 0.3) is 0 Å². The van der Waals surface area contributed by atoms with Gasteiger partial charge in [0.25, 0.3) is 0 Å². The first-order valence-corrected chi connectivity index (χ1v) is 3.00. The molecule has 0 bridgehead atoms. The molecule has 0 heterocycles. The van der Waals surface area contributed by atoms with Gasteiger partial charge in [-0.25, -0.2) is 0 Å². The van der Waals surface area contributed by atoms with E-state index in [9.17, 15) is 18.0 Å². The summed E-state index contributed by atoms with van der Waals surface area (Å²) in [7, 11) is 0. The van der Waals surface area contributed by atoms with Gasteiger partial charge in [0.15, 0.2) is 0 Å². The number of Topliss-reactive ketones (excluding diaryl/α,β-unsaturated/α-hetero) is 1. The molecule has 0 aromatic carbocycles. The Balaban J connectivity index is 4.09. The van der Waals surface area contributed by atoms with E-state index >= 15 is 0 Å². The maximum absolute atomic E-state index is 11.5. The minimum absolute atomic E-state index is 0.234. The average molecular weight is 154 g/mol. The number of halogens is 3. The predicted molar refractivity (Wildman–Crippen MR) is 30.5 cm³/mol. The Kier molecular flexibility index (Phi) is 2.87. The van der Waals surface area contributed by atoms with Gasteiger partial charge in [-0.1, -0.05) is 13.8 Å². The highest BCUT2D eigenvalue weighted by molar-refractivity contribution is 5.85. The molecule has 0 amide bonds. The molecular weight excluding hydrogens is 145 g/mol. The van der Waals surface area contributed by atoms with E-state index < -0.39 is 17.9 Å². The monoisotopic (exact) mass is 154 g/mol. The number of hydrogen-bond acceptors (Lipinski definition) is 1. The fourth-order valence-corrected chi connectivity index (χ4v) is 0.465. The zero-order valence-electron chi connectivity index (χ0n) is 5.83. The maximum atomic E-state index is 11.5. The molecule has 0 aliphatic heterocycles. The van der Waals surface area contributed by atoms with Gasteiger partial charge in [-0.2, -0.15) is 13.2 Å². The zero-order chi connectivity index (χ0) is 8.36. The SMILES string of the molecule is CC[C@H](C)C(=O)C(F)(F)F. The standard InChI is InChI=1S/C6H9F3O/c1-3-4(2)5(10)6(7,8)9/h4H,3H2,1-2H3/t4-/m0/s1. The maximum Gasteiger partial charge on any atom is 0.450 e. The topological polar surface area (TPSA) is 17.1 Å². The number of ketones is 1. The quantitative estimate of drug-likeness (QED) is 0.595. The van der Waals surface area contributed by atoms with Gasteiger partial charge in [0.2, 0.25) is 5.78 Å². The Bertz CT molecular complexity index is 127. The van der Waals surface area contributed by atoms with Crippen molar-refractivity contribution in [1.29, 1.82) is 0 Å². The van der Waals surface area contributed by atoms with Crippen LogP contribution < -0.4 is 0 Å². The van der Waals surface area contributed by atoms with E-state index in [0.717, 1.165) is 0 Å². The second kappa shape index (κ2) is 3.03. The molecule has 0 saturated heterocycles. The normalized spacial score (nSPS) is 14.9. The minimum Gasteiger partial charge on any atom is -0.289 e. The van der Waals surface area contributed by atoms with E-state index in [1.54, 1.807) is 6.92 Å². The van der Waals surface area contributed by atoms with Crippen molar-refractivity contribution in [2.75, 3.05) is 0 Å². The summed E-state index contributed by atoms with van der Waals surface area (Å²) in [4.78, 5) is 10.3. The van der Waals surface area contributed by atoms with Crippen LogP contribution >= 0.6 is 0 Å². The number of rotatable bonds is 2. The van der Waals surface area contributed by atoms with Gasteiger partial charge < -0.3 is 0 Å². The lowest BCUT2D eigenvalue weighted by molar-refractivity contribution is -0.175. The van der Waals surface area contributed by atoms with Crippen molar-refractivity contribution in [3.63, 3.8) is 0 Å². The highest BCUT2D eigenvalue weighted by Gasteiger charge is 2.40. The summed E-state index contributed by atoms with van der Waals surface area (Å²) in [5.74, 6) is -2.53. The molecule has 0 aromatic heterocycles. The van der Waals surface area contributed by atoms with Crippen LogP contribution in [0, 0.1) is 5.92 Å². The van der Waals surface area contributed by atoms with Crippen molar-refractivity contribution in [2.24, 2.45) is 5.92 Å². The molecule has 0 saturated carbocycles. The van der Waals surface area contributed by atoms with Crippen LogP contribution in [0.15, 0.2) is 0 Å². The van der Waals surface area contributed by atoms with Crippen molar-refractivity contribution in [3.05, 3.63) is 0 Å². The van der Waals surface area contributed by atoms with Crippen LogP contribution in [0.2, 0.25) is 0 Å². The van der Waals surface area contributed by atoms with Crippen molar-refractivity contribution < 1.29 is 18.0 Å². The minimum atomic E-state index is -4.66. The lowest BCUT2D eigenvalue weighted by Crippen LogP contribution is -2.28. The number of hydrogen-bond donors (Lipinski definition) is 0. The molecule has 0 N–H and O–H groups in total. The molecule has 0 aliphatic carbocycles. The summed E-state index contributed by atoms with van der Waals surface area (Å²) in [6.45, 7) is 2.82. The highest BCUT2D eigenvalue weighted by atomic mass is 19.4. The summed E-state index contributed by atoms with van der Waals surface area (Å²) >= 11 is 0. The number of alkyl halides is 3. The van der Waals surface area contributed by atoms with Gasteiger partial charge in [-0.3, -0.25) is 4.79 Å². The van der Waals surface area contributed by atoms with Crippen molar-refractivity contribution in [1.82, 2.24) is 0 Å². The highest BCUT2D eigenvalue weighted by Crippen LogP contribution is 2.21. The van der Waals surface area contributed by atoms with Gasteiger partial charge in [0, 0.05) is 5.92 Å². The molecule has 0 unspecified atom stereocenters. The summed E-state index contributed by atoms with van der Waals surface area (Å²) in [5.41, 5.74) is 0. The van der Waals surface area contributed by atoms with Gasteiger partial charge >= 0.3 is 6.18 Å². The summed E-state index contributed by atoms with van der Waals surface area (Å²) < 4.78 is 34.6. The molecule has 0 radical (unpaired) electrons. The third kappa shape index (κ3) is 2.37.